The number of nitrogens with zero attached hydrogens (tertiary/aromatic N) is 1. The van der Waals surface area contributed by atoms with Gasteiger partial charge in [0.15, 0.2) is 5.17 Å². The van der Waals surface area contributed by atoms with Crippen molar-refractivity contribution in [3.8, 4) is 17.2 Å². The third-order valence-corrected chi connectivity index (χ3v) is 4.31. The molecule has 0 bridgehead atoms. The third kappa shape index (κ3) is 4.58. The molecule has 0 unspecified atom stereocenters. The standard InChI is InChI=1S/C19H18N2O4S/c1-23-14-6-4-7-15(12-14)24-9-10-25-16-8-3-2-5-13(16)11-17-18(22)21-19(20)26-17/h2-8,11-12H,9-10H2,1H3,(H2,20,21,22)/b17-11-. The van der Waals surface area contributed by atoms with E-state index < -0.39 is 0 Å². The largest absolute Gasteiger partial charge is 0.497 e. The number of rotatable bonds is 7. The molecule has 2 aromatic rings. The van der Waals surface area contributed by atoms with E-state index in [1.807, 2.05) is 48.5 Å². The summed E-state index contributed by atoms with van der Waals surface area (Å²) < 4.78 is 16.6. The summed E-state index contributed by atoms with van der Waals surface area (Å²) >= 11 is 1.15. The number of hydrogen-bond donors (Lipinski definition) is 1. The highest BCUT2D eigenvalue weighted by atomic mass is 32.2. The van der Waals surface area contributed by atoms with Crippen LogP contribution in [0.1, 0.15) is 5.56 Å². The second-order valence-electron chi connectivity index (χ2n) is 5.28. The van der Waals surface area contributed by atoms with Crippen LogP contribution < -0.4 is 19.9 Å². The molecular weight excluding hydrogens is 352 g/mol. The molecule has 7 heteroatoms. The molecule has 3 rings (SSSR count). The number of carbonyl (C=O) groups excluding carboxylic acids is 1. The fourth-order valence-electron chi connectivity index (χ4n) is 2.30. The van der Waals surface area contributed by atoms with Crippen LogP contribution in [0.3, 0.4) is 0 Å². The summed E-state index contributed by atoms with van der Waals surface area (Å²) in [4.78, 5) is 15.9. The minimum Gasteiger partial charge on any atom is -0.497 e. The number of aliphatic imine (C=N–C) groups is 1. The van der Waals surface area contributed by atoms with Crippen LogP contribution in [0.25, 0.3) is 6.08 Å². The van der Waals surface area contributed by atoms with Gasteiger partial charge in [-0.15, -0.1) is 0 Å². The first kappa shape index (κ1) is 17.9. The van der Waals surface area contributed by atoms with Gasteiger partial charge in [0, 0.05) is 11.6 Å². The van der Waals surface area contributed by atoms with Crippen LogP contribution in [0.15, 0.2) is 58.4 Å². The SMILES string of the molecule is COc1cccc(OCCOc2ccccc2/C=C2\SC(N)=NC2=O)c1. The van der Waals surface area contributed by atoms with Crippen LogP contribution in [0.4, 0.5) is 0 Å². The Morgan fingerprint density at radius 2 is 1.85 bits per heavy atom. The maximum atomic E-state index is 11.7. The number of carbonyl (C=O) groups is 1. The van der Waals surface area contributed by atoms with Gasteiger partial charge >= 0.3 is 0 Å². The lowest BCUT2D eigenvalue weighted by Gasteiger charge is -2.11. The molecule has 1 amide bonds. The Kier molecular flexibility index (Phi) is 5.80. The van der Waals surface area contributed by atoms with Gasteiger partial charge in [-0.3, -0.25) is 4.79 Å². The molecule has 0 aliphatic carbocycles. The Balaban J connectivity index is 1.59. The third-order valence-electron chi connectivity index (χ3n) is 3.49. The first-order valence-corrected chi connectivity index (χ1v) is 8.74. The van der Waals surface area contributed by atoms with Crippen LogP contribution in [-0.2, 0) is 4.79 Å². The second kappa shape index (κ2) is 8.44. The van der Waals surface area contributed by atoms with E-state index in [1.54, 1.807) is 13.2 Å². The van der Waals surface area contributed by atoms with Crippen molar-refractivity contribution in [2.45, 2.75) is 0 Å². The molecule has 0 saturated heterocycles. The van der Waals surface area contributed by atoms with Crippen molar-refractivity contribution in [2.24, 2.45) is 10.7 Å². The fourth-order valence-corrected chi connectivity index (χ4v) is 2.97. The quantitative estimate of drug-likeness (QED) is 0.596. The molecule has 6 nitrogen and oxygen atoms in total. The highest BCUT2D eigenvalue weighted by molar-refractivity contribution is 8.18. The number of hydrogen-bond acceptors (Lipinski definition) is 6. The van der Waals surface area contributed by atoms with Crippen LogP contribution in [-0.4, -0.2) is 31.4 Å². The van der Waals surface area contributed by atoms with Gasteiger partial charge in [0.05, 0.1) is 12.0 Å². The first-order chi connectivity index (χ1) is 12.7. The maximum absolute atomic E-state index is 11.7. The van der Waals surface area contributed by atoms with E-state index >= 15 is 0 Å². The van der Waals surface area contributed by atoms with Crippen molar-refractivity contribution >= 4 is 28.9 Å². The molecule has 2 N–H and O–H groups in total. The minimum absolute atomic E-state index is 0.256. The number of amidine groups is 1. The zero-order valence-electron chi connectivity index (χ0n) is 14.2. The van der Waals surface area contributed by atoms with Crippen molar-refractivity contribution in [1.29, 1.82) is 0 Å². The zero-order valence-corrected chi connectivity index (χ0v) is 15.0. The van der Waals surface area contributed by atoms with Crippen molar-refractivity contribution in [3.05, 3.63) is 59.0 Å². The molecule has 0 fully saturated rings. The van der Waals surface area contributed by atoms with E-state index in [1.165, 1.54) is 0 Å². The second-order valence-corrected chi connectivity index (χ2v) is 6.34. The minimum atomic E-state index is -0.330. The molecule has 0 atom stereocenters. The number of benzene rings is 2. The zero-order chi connectivity index (χ0) is 18.4. The Morgan fingerprint density at radius 3 is 2.62 bits per heavy atom. The number of ether oxygens (including phenoxy) is 3. The lowest BCUT2D eigenvalue weighted by atomic mass is 10.2. The molecule has 1 aliphatic rings. The number of amides is 1. The molecule has 134 valence electrons. The number of thioether (sulfide) groups is 1. The predicted molar refractivity (Wildman–Crippen MR) is 103 cm³/mol. The summed E-state index contributed by atoms with van der Waals surface area (Å²) in [5, 5.41) is 0.256. The lowest BCUT2D eigenvalue weighted by Crippen LogP contribution is -2.09. The van der Waals surface area contributed by atoms with Crippen LogP contribution in [0.2, 0.25) is 0 Å². The van der Waals surface area contributed by atoms with Gasteiger partial charge in [0.1, 0.15) is 30.5 Å². The maximum Gasteiger partial charge on any atom is 0.286 e. The average Bonchev–Trinajstić information content (AvgIpc) is 2.97. The Bertz CT molecular complexity index is 864. The van der Waals surface area contributed by atoms with E-state index in [2.05, 4.69) is 4.99 Å². The van der Waals surface area contributed by atoms with Crippen LogP contribution in [0, 0.1) is 0 Å². The lowest BCUT2D eigenvalue weighted by molar-refractivity contribution is -0.113. The molecule has 1 aliphatic heterocycles. The van der Waals surface area contributed by atoms with Gasteiger partial charge in [-0.25, -0.2) is 0 Å². The highest BCUT2D eigenvalue weighted by Crippen LogP contribution is 2.29. The molecule has 0 aromatic heterocycles. The average molecular weight is 370 g/mol. The number of methoxy groups -OCH3 is 1. The Labute approximate surface area is 155 Å². The summed E-state index contributed by atoms with van der Waals surface area (Å²) in [5.41, 5.74) is 6.36. The topological polar surface area (TPSA) is 83.1 Å². The smallest absolute Gasteiger partial charge is 0.286 e. The fraction of sp³-hybridized carbons (Fsp3) is 0.158. The monoisotopic (exact) mass is 370 g/mol. The predicted octanol–water partition coefficient (Wildman–Crippen LogP) is 3.08. The summed E-state index contributed by atoms with van der Waals surface area (Å²) in [6.07, 6.45) is 1.73. The van der Waals surface area contributed by atoms with Crippen molar-refractivity contribution < 1.29 is 19.0 Å². The van der Waals surface area contributed by atoms with E-state index in [9.17, 15) is 4.79 Å². The molecule has 0 saturated carbocycles. The van der Waals surface area contributed by atoms with Gasteiger partial charge in [-0.2, -0.15) is 4.99 Å². The van der Waals surface area contributed by atoms with E-state index in [-0.39, 0.29) is 11.1 Å². The molecule has 2 aromatic carbocycles. The molecule has 0 radical (unpaired) electrons. The van der Waals surface area contributed by atoms with Gasteiger partial charge in [-0.1, -0.05) is 24.3 Å². The van der Waals surface area contributed by atoms with Crippen LogP contribution >= 0.6 is 11.8 Å². The molecule has 0 spiro atoms. The molecule has 26 heavy (non-hydrogen) atoms. The summed E-state index contributed by atoms with van der Waals surface area (Å²) in [6, 6.07) is 14.8. The Morgan fingerprint density at radius 1 is 1.08 bits per heavy atom. The van der Waals surface area contributed by atoms with Gasteiger partial charge < -0.3 is 19.9 Å². The summed E-state index contributed by atoms with van der Waals surface area (Å²) in [7, 11) is 1.61. The Hall–Kier alpha value is -2.93. The van der Waals surface area contributed by atoms with Gasteiger partial charge in [-0.05, 0) is 36.0 Å². The normalized spacial score (nSPS) is 15.0. The number of para-hydroxylation sites is 1. The van der Waals surface area contributed by atoms with Gasteiger partial charge in [0.25, 0.3) is 5.91 Å². The van der Waals surface area contributed by atoms with Crippen LogP contribution in [0.5, 0.6) is 17.2 Å². The summed E-state index contributed by atoms with van der Waals surface area (Å²) in [6.45, 7) is 0.735. The molecular formula is C19H18N2O4S. The van der Waals surface area contributed by atoms with E-state index in [4.69, 9.17) is 19.9 Å². The van der Waals surface area contributed by atoms with E-state index in [0.29, 0.717) is 29.6 Å². The van der Waals surface area contributed by atoms with Crippen molar-refractivity contribution in [2.75, 3.05) is 20.3 Å². The van der Waals surface area contributed by atoms with Gasteiger partial charge in [0.2, 0.25) is 0 Å². The number of nitrogens with two attached hydrogens (primary N) is 1. The van der Waals surface area contributed by atoms with Crippen molar-refractivity contribution in [1.82, 2.24) is 0 Å². The van der Waals surface area contributed by atoms with Crippen molar-refractivity contribution in [3.63, 3.8) is 0 Å². The first-order valence-electron chi connectivity index (χ1n) is 7.92. The summed E-state index contributed by atoms with van der Waals surface area (Å²) in [5.74, 6) is 1.78. The highest BCUT2D eigenvalue weighted by Gasteiger charge is 2.20. The van der Waals surface area contributed by atoms with E-state index in [0.717, 1.165) is 23.1 Å². The molecule has 1 heterocycles.